The van der Waals surface area contributed by atoms with Crippen LogP contribution in [0.4, 0.5) is 17.1 Å². The van der Waals surface area contributed by atoms with Crippen molar-refractivity contribution in [2.45, 2.75) is 6.42 Å². The van der Waals surface area contributed by atoms with Crippen LogP contribution in [0.25, 0.3) is 0 Å². The number of benzene rings is 2. The van der Waals surface area contributed by atoms with Crippen LogP contribution >= 0.6 is 0 Å². The van der Waals surface area contributed by atoms with Gasteiger partial charge >= 0.3 is 0 Å². The molecule has 0 saturated heterocycles. The first kappa shape index (κ1) is 14.6. The fourth-order valence-corrected chi connectivity index (χ4v) is 2.03. The minimum atomic E-state index is 0.672. The van der Waals surface area contributed by atoms with E-state index in [4.69, 9.17) is 10.7 Å². The highest BCUT2D eigenvalue weighted by Gasteiger charge is 2.05. The summed E-state index contributed by atoms with van der Waals surface area (Å²) in [5, 5.41) is 3.09. The van der Waals surface area contributed by atoms with E-state index in [0.29, 0.717) is 6.42 Å². The van der Waals surface area contributed by atoms with Gasteiger partial charge in [0.05, 0.1) is 17.1 Å². The molecule has 0 aliphatic rings. The number of hydrogen-bond acceptors (Lipinski definition) is 3. The number of aliphatic imine (C=N–C) groups is 1. The molecule has 21 heavy (non-hydrogen) atoms. The van der Waals surface area contributed by atoms with Gasteiger partial charge in [-0.2, -0.15) is 0 Å². The lowest BCUT2D eigenvalue weighted by Gasteiger charge is -2.09. The first-order chi connectivity index (χ1) is 10.2. The fourth-order valence-electron chi connectivity index (χ4n) is 2.03. The Morgan fingerprint density at radius 1 is 1.14 bits per heavy atom. The predicted molar refractivity (Wildman–Crippen MR) is 92.1 cm³/mol. The van der Waals surface area contributed by atoms with Gasteiger partial charge in [-0.1, -0.05) is 36.9 Å². The summed E-state index contributed by atoms with van der Waals surface area (Å²) in [5.41, 5.74) is 10.3. The highest BCUT2D eigenvalue weighted by atomic mass is 14.9. The summed E-state index contributed by atoms with van der Waals surface area (Å²) in [5.74, 6) is 0. The van der Waals surface area contributed by atoms with Crippen LogP contribution in [0.3, 0.4) is 0 Å². The van der Waals surface area contributed by atoms with E-state index < -0.39 is 0 Å². The molecule has 3 heteroatoms. The van der Waals surface area contributed by atoms with Crippen LogP contribution < -0.4 is 11.1 Å². The Labute approximate surface area is 125 Å². The number of rotatable bonds is 6. The molecule has 0 fully saturated rings. The molecule has 0 aliphatic heterocycles. The Morgan fingerprint density at radius 3 is 2.67 bits per heavy atom. The van der Waals surface area contributed by atoms with Crippen molar-refractivity contribution in [3.8, 4) is 0 Å². The van der Waals surface area contributed by atoms with E-state index in [0.717, 1.165) is 28.3 Å². The van der Waals surface area contributed by atoms with E-state index in [-0.39, 0.29) is 0 Å². The van der Waals surface area contributed by atoms with Crippen molar-refractivity contribution in [2.75, 3.05) is 11.1 Å². The van der Waals surface area contributed by atoms with Gasteiger partial charge in [0, 0.05) is 12.1 Å². The molecule has 3 N–H and O–H groups in total. The minimum Gasteiger partial charge on any atom is -0.399 e. The Balaban J connectivity index is 2.47. The molecule has 0 saturated carbocycles. The molecule has 0 spiro atoms. The maximum absolute atomic E-state index is 5.86. The van der Waals surface area contributed by atoms with Crippen LogP contribution in [0.15, 0.2) is 79.0 Å². The molecule has 2 rings (SSSR count). The van der Waals surface area contributed by atoms with Crippen molar-refractivity contribution in [2.24, 2.45) is 4.99 Å². The Kier molecular flexibility index (Phi) is 4.94. The van der Waals surface area contributed by atoms with Crippen molar-refractivity contribution in [3.63, 3.8) is 0 Å². The molecule has 106 valence electrons. The van der Waals surface area contributed by atoms with Crippen LogP contribution in [0, 0.1) is 0 Å². The largest absolute Gasteiger partial charge is 0.399 e. The molecule has 0 aliphatic carbocycles. The number of nitrogens with zero attached hydrogens (tertiary/aromatic N) is 1. The molecule has 2 aromatic carbocycles. The van der Waals surface area contributed by atoms with Crippen molar-refractivity contribution in [1.82, 2.24) is 0 Å². The average Bonchev–Trinajstić information content (AvgIpc) is 2.49. The molecule has 3 nitrogen and oxygen atoms in total. The summed E-state index contributed by atoms with van der Waals surface area (Å²) >= 11 is 0. The molecule has 0 aromatic heterocycles. The Hall–Kier alpha value is -2.81. The molecule has 0 bridgehead atoms. The number of nitrogens with one attached hydrogen (secondary N) is 1. The molecular formula is C18H19N3. The Morgan fingerprint density at radius 2 is 1.95 bits per heavy atom. The van der Waals surface area contributed by atoms with Crippen LogP contribution in [-0.2, 0) is 0 Å². The number of para-hydroxylation sites is 2. The molecule has 0 atom stereocenters. The number of hydrogen-bond donors (Lipinski definition) is 2. The predicted octanol–water partition coefficient (Wildman–Crippen LogP) is 4.52. The lowest BCUT2D eigenvalue weighted by Crippen LogP contribution is -2.00. The summed E-state index contributed by atoms with van der Waals surface area (Å²) in [6.45, 7) is 7.49. The Bertz CT molecular complexity index is 672. The van der Waals surface area contributed by atoms with E-state index >= 15 is 0 Å². The third kappa shape index (κ3) is 3.83. The molecule has 0 radical (unpaired) electrons. The summed E-state index contributed by atoms with van der Waals surface area (Å²) < 4.78 is 0. The molecule has 0 heterocycles. The topological polar surface area (TPSA) is 50.4 Å². The normalized spacial score (nSPS) is 11.0. The van der Waals surface area contributed by atoms with Crippen LogP contribution in [0.2, 0.25) is 0 Å². The van der Waals surface area contributed by atoms with Gasteiger partial charge < -0.3 is 11.1 Å². The zero-order chi connectivity index (χ0) is 15.1. The van der Waals surface area contributed by atoms with E-state index in [1.807, 2.05) is 54.6 Å². The summed E-state index contributed by atoms with van der Waals surface area (Å²) in [6, 6.07) is 15.6. The highest BCUT2D eigenvalue weighted by Crippen LogP contribution is 2.26. The van der Waals surface area contributed by atoms with Gasteiger partial charge in [0.25, 0.3) is 0 Å². The van der Waals surface area contributed by atoms with Crippen LogP contribution in [0.1, 0.15) is 12.0 Å². The zero-order valence-electron chi connectivity index (χ0n) is 11.9. The lowest BCUT2D eigenvalue weighted by molar-refractivity contribution is 1.38. The summed E-state index contributed by atoms with van der Waals surface area (Å²) in [6.07, 6.45) is 4.15. The van der Waals surface area contributed by atoms with Crippen LogP contribution in [-0.4, -0.2) is 5.71 Å². The quantitative estimate of drug-likeness (QED) is 0.463. The smallest absolute Gasteiger partial charge is 0.0867 e. The van der Waals surface area contributed by atoms with E-state index in [1.165, 1.54) is 0 Å². The number of anilines is 2. The van der Waals surface area contributed by atoms with Crippen molar-refractivity contribution in [3.05, 3.63) is 79.5 Å². The van der Waals surface area contributed by atoms with Gasteiger partial charge in [0.2, 0.25) is 0 Å². The second-order valence-corrected chi connectivity index (χ2v) is 4.54. The first-order valence-corrected chi connectivity index (χ1v) is 6.75. The van der Waals surface area contributed by atoms with Gasteiger partial charge in [-0.3, -0.25) is 4.99 Å². The number of allylic oxidation sites excluding steroid dienone is 1. The van der Waals surface area contributed by atoms with E-state index in [1.54, 1.807) is 6.20 Å². The third-order valence-corrected chi connectivity index (χ3v) is 2.97. The van der Waals surface area contributed by atoms with Crippen LogP contribution in [0.5, 0.6) is 0 Å². The zero-order valence-corrected chi connectivity index (χ0v) is 11.9. The van der Waals surface area contributed by atoms with Gasteiger partial charge in [-0.15, -0.1) is 6.58 Å². The average molecular weight is 277 g/mol. The van der Waals surface area contributed by atoms with Gasteiger partial charge in [-0.05, 0) is 36.0 Å². The monoisotopic (exact) mass is 277 g/mol. The fraction of sp³-hybridized carbons (Fsp3) is 0.0556. The van der Waals surface area contributed by atoms with Gasteiger partial charge in [0.15, 0.2) is 0 Å². The highest BCUT2D eigenvalue weighted by molar-refractivity contribution is 6.04. The molecule has 2 aromatic rings. The van der Waals surface area contributed by atoms with Crippen molar-refractivity contribution in [1.29, 1.82) is 0 Å². The van der Waals surface area contributed by atoms with Crippen molar-refractivity contribution >= 4 is 22.8 Å². The number of nitrogens with two attached hydrogens (primary N) is 1. The SMILES string of the molecule is C=CCC(=Nc1ccccc1NC=C)c1cccc(N)c1. The standard InChI is InChI=1S/C18H19N3/c1-3-8-16(14-9-7-10-15(19)13-14)21-18-12-6-5-11-17(18)20-4-2/h3-7,9-13,20H,1-2,8,19H2. The lowest BCUT2D eigenvalue weighted by atomic mass is 10.1. The number of nitrogen functional groups attached to an aromatic ring is 1. The van der Waals surface area contributed by atoms with E-state index in [2.05, 4.69) is 18.5 Å². The van der Waals surface area contributed by atoms with E-state index in [9.17, 15) is 0 Å². The van der Waals surface area contributed by atoms with Crippen molar-refractivity contribution < 1.29 is 0 Å². The third-order valence-electron chi connectivity index (χ3n) is 2.97. The minimum absolute atomic E-state index is 0.672. The molecular weight excluding hydrogens is 258 g/mol. The summed E-state index contributed by atoms with van der Waals surface area (Å²) in [7, 11) is 0. The van der Waals surface area contributed by atoms with Gasteiger partial charge in [0.1, 0.15) is 0 Å². The second kappa shape index (κ2) is 7.10. The summed E-state index contributed by atoms with van der Waals surface area (Å²) in [4.78, 5) is 4.76. The second-order valence-electron chi connectivity index (χ2n) is 4.54. The maximum Gasteiger partial charge on any atom is 0.0867 e. The molecule has 0 amide bonds. The molecule has 0 unspecified atom stereocenters. The first-order valence-electron chi connectivity index (χ1n) is 6.75. The maximum atomic E-state index is 5.86. The van der Waals surface area contributed by atoms with Gasteiger partial charge in [-0.25, -0.2) is 0 Å².